The van der Waals surface area contributed by atoms with Crippen molar-refractivity contribution < 1.29 is 4.32 Å². The third-order valence-electron chi connectivity index (χ3n) is 0.344. The number of hydrogen-bond donors (Lipinski definition) is 1. The van der Waals surface area contributed by atoms with Crippen LogP contribution >= 0.6 is 0 Å². The highest BCUT2D eigenvalue weighted by Gasteiger charge is 1.73. The minimum atomic E-state index is -0.406. The SMILES string of the molecule is CCNBF. The van der Waals surface area contributed by atoms with Gasteiger partial charge in [-0.15, -0.1) is 0 Å². The monoisotopic (exact) mass is 75.1 g/mol. The molecular formula is C2H7BFN. The van der Waals surface area contributed by atoms with Crippen LogP contribution in [-0.4, -0.2) is 14.2 Å². The molecule has 3 heteroatoms. The smallest absolute Gasteiger partial charge is 0.330 e. The van der Waals surface area contributed by atoms with Gasteiger partial charge in [-0.05, 0) is 6.54 Å². The predicted octanol–water partition coefficient (Wildman–Crippen LogP) is -0.168. The molecule has 0 bridgehead atoms. The van der Waals surface area contributed by atoms with Gasteiger partial charge in [0.15, 0.2) is 0 Å². The number of hydrogen-bond acceptors (Lipinski definition) is 1. The summed E-state index contributed by atoms with van der Waals surface area (Å²) in [6.07, 6.45) is 0. The fraction of sp³-hybridized carbons (Fsp3) is 1.00. The van der Waals surface area contributed by atoms with E-state index >= 15 is 0 Å². The highest BCUT2D eigenvalue weighted by atomic mass is 19.1. The third kappa shape index (κ3) is 3.95. The second-order valence-electron chi connectivity index (χ2n) is 0.737. The highest BCUT2D eigenvalue weighted by molar-refractivity contribution is 6.22. The summed E-state index contributed by atoms with van der Waals surface area (Å²) in [6, 6.07) is 0. The van der Waals surface area contributed by atoms with Crippen LogP contribution < -0.4 is 5.23 Å². The Bertz CT molecular complexity index is 17.1. The zero-order valence-electron chi connectivity index (χ0n) is 3.29. The minimum absolute atomic E-state index is 0.406. The van der Waals surface area contributed by atoms with Crippen molar-refractivity contribution in [1.82, 2.24) is 5.23 Å². The molecule has 0 aromatic rings. The second kappa shape index (κ2) is 3.95. The number of rotatable bonds is 2. The summed E-state index contributed by atoms with van der Waals surface area (Å²) in [6.45, 7) is 2.58. The van der Waals surface area contributed by atoms with Gasteiger partial charge in [-0.3, -0.25) is 0 Å². The summed E-state index contributed by atoms with van der Waals surface area (Å²) >= 11 is 0. The van der Waals surface area contributed by atoms with E-state index in [1.54, 1.807) is 0 Å². The molecule has 0 radical (unpaired) electrons. The van der Waals surface area contributed by atoms with Gasteiger partial charge in [-0.1, -0.05) is 6.92 Å². The van der Waals surface area contributed by atoms with Crippen molar-refractivity contribution >= 4 is 7.69 Å². The Balaban J connectivity index is 2.19. The fourth-order valence-electron chi connectivity index (χ4n) is 0.0945. The van der Waals surface area contributed by atoms with E-state index in [1.807, 2.05) is 6.92 Å². The van der Waals surface area contributed by atoms with Gasteiger partial charge in [0.25, 0.3) is 0 Å². The van der Waals surface area contributed by atoms with Crippen LogP contribution in [0, 0.1) is 0 Å². The predicted molar refractivity (Wildman–Crippen MR) is 21.9 cm³/mol. The van der Waals surface area contributed by atoms with Crippen LogP contribution in [0.5, 0.6) is 0 Å². The zero-order valence-corrected chi connectivity index (χ0v) is 3.29. The van der Waals surface area contributed by atoms with Crippen LogP contribution in [0.25, 0.3) is 0 Å². The zero-order chi connectivity index (χ0) is 4.12. The van der Waals surface area contributed by atoms with E-state index < -0.39 is 7.69 Å². The molecule has 0 unspecified atom stereocenters. The average Bonchev–Trinajstić information content (AvgIpc) is 1.41. The molecule has 0 heterocycles. The van der Waals surface area contributed by atoms with Crippen LogP contribution in [0.4, 0.5) is 4.32 Å². The van der Waals surface area contributed by atoms with E-state index in [0.29, 0.717) is 0 Å². The maximum atomic E-state index is 10.9. The minimum Gasteiger partial charge on any atom is -0.330 e. The molecule has 0 aliphatic rings. The van der Waals surface area contributed by atoms with Crippen molar-refractivity contribution in [2.24, 2.45) is 0 Å². The molecule has 0 spiro atoms. The summed E-state index contributed by atoms with van der Waals surface area (Å²) in [5, 5.41) is 2.44. The highest BCUT2D eigenvalue weighted by Crippen LogP contribution is 1.48. The normalized spacial score (nSPS) is 7.60. The van der Waals surface area contributed by atoms with Crippen molar-refractivity contribution in [2.75, 3.05) is 6.54 Å². The molecule has 0 aliphatic heterocycles. The van der Waals surface area contributed by atoms with Crippen molar-refractivity contribution in [2.45, 2.75) is 6.92 Å². The van der Waals surface area contributed by atoms with Gasteiger partial charge >= 0.3 is 7.69 Å². The molecule has 0 saturated heterocycles. The molecule has 1 nitrogen and oxygen atoms in total. The molecule has 1 N–H and O–H groups in total. The average molecular weight is 74.9 g/mol. The lowest BCUT2D eigenvalue weighted by Crippen LogP contribution is -2.12. The quantitative estimate of drug-likeness (QED) is 0.449. The summed E-state index contributed by atoms with van der Waals surface area (Å²) in [5.41, 5.74) is 0. The summed E-state index contributed by atoms with van der Waals surface area (Å²) in [5.74, 6) is 0. The Morgan fingerprint density at radius 1 is 2.00 bits per heavy atom. The van der Waals surface area contributed by atoms with Crippen LogP contribution in [0.2, 0.25) is 0 Å². The van der Waals surface area contributed by atoms with Crippen molar-refractivity contribution in [1.29, 1.82) is 0 Å². The summed E-state index contributed by atoms with van der Waals surface area (Å²) in [4.78, 5) is 0. The lowest BCUT2D eigenvalue weighted by Gasteiger charge is -1.80. The van der Waals surface area contributed by atoms with E-state index in [0.717, 1.165) is 6.54 Å². The first-order chi connectivity index (χ1) is 2.41. The van der Waals surface area contributed by atoms with Gasteiger partial charge in [0.1, 0.15) is 0 Å². The van der Waals surface area contributed by atoms with E-state index in [1.165, 1.54) is 0 Å². The Kier molecular flexibility index (Phi) is 3.92. The van der Waals surface area contributed by atoms with Gasteiger partial charge in [0, 0.05) is 0 Å². The number of nitrogens with one attached hydrogen (secondary N) is 1. The molecular weight excluding hydrogens is 67.8 g/mol. The first kappa shape index (κ1) is 4.95. The number of halogens is 1. The topological polar surface area (TPSA) is 12.0 Å². The lowest BCUT2D eigenvalue weighted by molar-refractivity contribution is 0.810. The maximum absolute atomic E-state index is 10.9. The van der Waals surface area contributed by atoms with E-state index in [4.69, 9.17) is 0 Å². The van der Waals surface area contributed by atoms with Gasteiger partial charge in [0.2, 0.25) is 0 Å². The first-order valence-corrected chi connectivity index (χ1v) is 1.68. The molecule has 0 atom stereocenters. The first-order valence-electron chi connectivity index (χ1n) is 1.68. The summed E-state index contributed by atoms with van der Waals surface area (Å²) in [7, 11) is -0.406. The fourth-order valence-corrected chi connectivity index (χ4v) is 0.0945. The van der Waals surface area contributed by atoms with Gasteiger partial charge < -0.3 is 9.54 Å². The Labute approximate surface area is 31.9 Å². The molecule has 0 aliphatic carbocycles. The van der Waals surface area contributed by atoms with E-state index in [9.17, 15) is 4.32 Å². The van der Waals surface area contributed by atoms with Gasteiger partial charge in [0.05, 0.1) is 0 Å². The molecule has 0 rings (SSSR count). The Morgan fingerprint density at radius 3 is 2.60 bits per heavy atom. The molecule has 0 saturated carbocycles. The molecule has 0 aromatic carbocycles. The van der Waals surface area contributed by atoms with Gasteiger partial charge in [-0.2, -0.15) is 0 Å². The van der Waals surface area contributed by atoms with Crippen molar-refractivity contribution in [3.05, 3.63) is 0 Å². The van der Waals surface area contributed by atoms with E-state index in [-0.39, 0.29) is 0 Å². The van der Waals surface area contributed by atoms with Crippen LogP contribution in [0.3, 0.4) is 0 Å². The Morgan fingerprint density at radius 2 is 2.60 bits per heavy atom. The molecule has 0 amide bonds. The van der Waals surface area contributed by atoms with Crippen LogP contribution in [0.1, 0.15) is 6.92 Å². The third-order valence-corrected chi connectivity index (χ3v) is 0.344. The van der Waals surface area contributed by atoms with Crippen molar-refractivity contribution in [3.63, 3.8) is 0 Å². The molecule has 30 valence electrons. The van der Waals surface area contributed by atoms with Crippen LogP contribution in [-0.2, 0) is 0 Å². The summed E-state index contributed by atoms with van der Waals surface area (Å²) < 4.78 is 10.9. The molecule has 0 fully saturated rings. The van der Waals surface area contributed by atoms with Gasteiger partial charge in [-0.25, -0.2) is 0 Å². The molecule has 0 aromatic heterocycles. The second-order valence-corrected chi connectivity index (χ2v) is 0.737. The van der Waals surface area contributed by atoms with E-state index in [2.05, 4.69) is 5.23 Å². The Hall–Kier alpha value is -0.0451. The van der Waals surface area contributed by atoms with Crippen molar-refractivity contribution in [3.8, 4) is 0 Å². The molecule has 5 heavy (non-hydrogen) atoms. The lowest BCUT2D eigenvalue weighted by atomic mass is 10.3. The largest absolute Gasteiger partial charge is 0.411 e. The van der Waals surface area contributed by atoms with Crippen LogP contribution in [0.15, 0.2) is 0 Å². The maximum Gasteiger partial charge on any atom is 0.411 e. The standard InChI is InChI=1S/C2H7BFN/c1-2-5-3-4/h3,5H,2H2,1H3.